The van der Waals surface area contributed by atoms with Crippen molar-refractivity contribution in [1.82, 2.24) is 30.0 Å². The Kier molecular flexibility index (Phi) is 10.9. The van der Waals surface area contributed by atoms with Crippen LogP contribution in [-0.4, -0.2) is 50.3 Å². The largest absolute Gasteiger partial charge is 0.475 e. The topological polar surface area (TPSA) is 80.5 Å². The van der Waals surface area contributed by atoms with Crippen LogP contribution in [0.3, 0.4) is 0 Å². The normalized spacial score (nSPS) is 12.4. The number of hydrogen-bond acceptors (Lipinski definition) is 5. The molecule has 162 valence electrons. The lowest BCUT2D eigenvalue weighted by Gasteiger charge is -2.21. The molecule has 0 spiro atoms. The van der Waals surface area contributed by atoms with Crippen LogP contribution in [0.5, 0.6) is 5.88 Å². The molecule has 2 aromatic heterocycles. The Hall–Kier alpha value is -1.91. The number of aromatic nitrogens is 4. The van der Waals surface area contributed by atoms with Crippen molar-refractivity contribution in [1.29, 1.82) is 0 Å². The standard InChI is InChI=1S/C20H33N7O.HI/c1-7-21-20(26(5)13-18-24-14-25-27(18)6)23-12-17-8-9-22-19(11-17)28-16(4)10-15(2)3;/h8-9,11,14-16H,7,10,12-13H2,1-6H3,(H,21,23);1H. The SMILES string of the molecule is CCNC(=NCc1ccnc(OC(C)CC(C)C)c1)N(C)Cc1ncnn1C.I. The summed E-state index contributed by atoms with van der Waals surface area (Å²) in [4.78, 5) is 15.4. The average molecular weight is 515 g/mol. The Labute approximate surface area is 191 Å². The second-order valence-corrected chi connectivity index (χ2v) is 7.39. The van der Waals surface area contributed by atoms with Crippen LogP contribution in [0.2, 0.25) is 0 Å². The third kappa shape index (κ3) is 8.55. The Morgan fingerprint density at radius 3 is 2.69 bits per heavy atom. The second kappa shape index (κ2) is 12.6. The van der Waals surface area contributed by atoms with Crippen molar-refractivity contribution in [3.63, 3.8) is 0 Å². The van der Waals surface area contributed by atoms with Crippen molar-refractivity contribution in [2.45, 2.75) is 53.3 Å². The number of halogens is 1. The van der Waals surface area contributed by atoms with Crippen molar-refractivity contribution in [2.75, 3.05) is 13.6 Å². The summed E-state index contributed by atoms with van der Waals surface area (Å²) in [6.45, 7) is 10.5. The van der Waals surface area contributed by atoms with Crippen molar-refractivity contribution in [2.24, 2.45) is 18.0 Å². The minimum absolute atomic E-state index is 0. The zero-order valence-electron chi connectivity index (χ0n) is 18.3. The smallest absolute Gasteiger partial charge is 0.213 e. The molecule has 2 rings (SSSR count). The summed E-state index contributed by atoms with van der Waals surface area (Å²) in [6.07, 6.45) is 4.48. The predicted octanol–water partition coefficient (Wildman–Crippen LogP) is 3.24. The molecule has 0 saturated heterocycles. The van der Waals surface area contributed by atoms with Gasteiger partial charge in [-0.05, 0) is 37.8 Å². The summed E-state index contributed by atoms with van der Waals surface area (Å²) in [5, 5.41) is 7.44. The van der Waals surface area contributed by atoms with Gasteiger partial charge < -0.3 is 15.0 Å². The van der Waals surface area contributed by atoms with Crippen LogP contribution in [0.25, 0.3) is 0 Å². The van der Waals surface area contributed by atoms with Gasteiger partial charge in [0.2, 0.25) is 5.88 Å². The minimum atomic E-state index is 0. The zero-order valence-corrected chi connectivity index (χ0v) is 20.6. The summed E-state index contributed by atoms with van der Waals surface area (Å²) >= 11 is 0. The molecule has 0 bridgehead atoms. The molecule has 0 aromatic carbocycles. The third-order valence-electron chi connectivity index (χ3n) is 4.22. The molecule has 29 heavy (non-hydrogen) atoms. The van der Waals surface area contributed by atoms with E-state index in [0.29, 0.717) is 24.9 Å². The summed E-state index contributed by atoms with van der Waals surface area (Å²) in [5.41, 5.74) is 1.06. The molecular weight excluding hydrogens is 481 g/mol. The van der Waals surface area contributed by atoms with Gasteiger partial charge in [-0.15, -0.1) is 24.0 Å². The fraction of sp³-hybridized carbons (Fsp3) is 0.600. The zero-order chi connectivity index (χ0) is 20.5. The molecule has 0 aliphatic heterocycles. The van der Waals surface area contributed by atoms with Gasteiger partial charge in [-0.3, -0.25) is 4.68 Å². The van der Waals surface area contributed by atoms with Gasteiger partial charge in [0.15, 0.2) is 5.96 Å². The molecule has 0 aliphatic rings. The first-order valence-electron chi connectivity index (χ1n) is 9.83. The van der Waals surface area contributed by atoms with Crippen LogP contribution in [-0.2, 0) is 20.1 Å². The van der Waals surface area contributed by atoms with Gasteiger partial charge in [-0.25, -0.2) is 15.0 Å². The van der Waals surface area contributed by atoms with Crippen molar-refractivity contribution >= 4 is 29.9 Å². The number of ether oxygens (including phenoxy) is 1. The van der Waals surface area contributed by atoms with Gasteiger partial charge in [0, 0.05) is 32.9 Å². The van der Waals surface area contributed by atoms with E-state index in [1.807, 2.05) is 31.1 Å². The number of hydrogen-bond donors (Lipinski definition) is 1. The lowest BCUT2D eigenvalue weighted by molar-refractivity contribution is 0.185. The van der Waals surface area contributed by atoms with Gasteiger partial charge in [0.25, 0.3) is 0 Å². The lowest BCUT2D eigenvalue weighted by Crippen LogP contribution is -2.39. The number of nitrogens with zero attached hydrogens (tertiary/aromatic N) is 6. The highest BCUT2D eigenvalue weighted by Gasteiger charge is 2.11. The average Bonchev–Trinajstić information content (AvgIpc) is 3.02. The third-order valence-corrected chi connectivity index (χ3v) is 4.22. The van der Waals surface area contributed by atoms with Crippen LogP contribution >= 0.6 is 24.0 Å². The maximum Gasteiger partial charge on any atom is 0.213 e. The molecular formula is C20H34IN7O. The molecule has 0 saturated carbocycles. The van der Waals surface area contributed by atoms with Crippen LogP contribution in [0.1, 0.15) is 45.5 Å². The first kappa shape index (κ1) is 25.1. The van der Waals surface area contributed by atoms with Crippen LogP contribution in [0.15, 0.2) is 29.6 Å². The Bertz CT molecular complexity index is 763. The van der Waals surface area contributed by atoms with E-state index < -0.39 is 0 Å². The maximum absolute atomic E-state index is 5.95. The quantitative estimate of drug-likeness (QED) is 0.314. The number of aliphatic imine (C=N–C) groups is 1. The highest BCUT2D eigenvalue weighted by molar-refractivity contribution is 14.0. The molecule has 2 aromatic rings. The Balaban J connectivity index is 0.00000420. The summed E-state index contributed by atoms with van der Waals surface area (Å²) < 4.78 is 7.72. The van der Waals surface area contributed by atoms with E-state index in [1.165, 1.54) is 0 Å². The van der Waals surface area contributed by atoms with E-state index >= 15 is 0 Å². The lowest BCUT2D eigenvalue weighted by atomic mass is 10.1. The van der Waals surface area contributed by atoms with Crippen molar-refractivity contribution < 1.29 is 4.74 Å². The minimum Gasteiger partial charge on any atom is -0.475 e. The fourth-order valence-corrected chi connectivity index (χ4v) is 2.92. The van der Waals surface area contributed by atoms with Gasteiger partial charge in [-0.1, -0.05) is 13.8 Å². The van der Waals surface area contributed by atoms with Gasteiger partial charge in [0.1, 0.15) is 12.2 Å². The summed E-state index contributed by atoms with van der Waals surface area (Å²) in [5.74, 6) is 2.94. The molecule has 0 aliphatic carbocycles. The van der Waals surface area contributed by atoms with E-state index in [9.17, 15) is 0 Å². The number of aryl methyl sites for hydroxylation is 1. The highest BCUT2D eigenvalue weighted by Crippen LogP contribution is 2.15. The monoisotopic (exact) mass is 515 g/mol. The van der Waals surface area contributed by atoms with Crippen molar-refractivity contribution in [3.05, 3.63) is 36.0 Å². The first-order chi connectivity index (χ1) is 13.4. The molecule has 1 N–H and O–H groups in total. The number of pyridine rings is 1. The molecule has 1 unspecified atom stereocenters. The van der Waals surface area contributed by atoms with Gasteiger partial charge in [0.05, 0.1) is 19.2 Å². The molecule has 9 heteroatoms. The summed E-state index contributed by atoms with van der Waals surface area (Å²) in [6, 6.07) is 3.93. The van der Waals surface area contributed by atoms with Crippen LogP contribution in [0, 0.1) is 5.92 Å². The van der Waals surface area contributed by atoms with E-state index in [1.54, 1.807) is 17.2 Å². The Morgan fingerprint density at radius 1 is 1.31 bits per heavy atom. The number of nitrogens with one attached hydrogen (secondary N) is 1. The second-order valence-electron chi connectivity index (χ2n) is 7.39. The Morgan fingerprint density at radius 2 is 2.07 bits per heavy atom. The molecule has 8 nitrogen and oxygen atoms in total. The number of guanidine groups is 1. The highest BCUT2D eigenvalue weighted by atomic mass is 127. The van der Waals surface area contributed by atoms with E-state index in [-0.39, 0.29) is 30.1 Å². The summed E-state index contributed by atoms with van der Waals surface area (Å²) in [7, 11) is 3.88. The molecule has 1 atom stereocenters. The maximum atomic E-state index is 5.95. The van der Waals surface area contributed by atoms with Crippen LogP contribution < -0.4 is 10.1 Å². The fourth-order valence-electron chi connectivity index (χ4n) is 2.92. The van der Waals surface area contributed by atoms with E-state index in [2.05, 4.69) is 48.1 Å². The van der Waals surface area contributed by atoms with E-state index in [0.717, 1.165) is 30.3 Å². The predicted molar refractivity (Wildman–Crippen MR) is 126 cm³/mol. The first-order valence-corrected chi connectivity index (χ1v) is 9.83. The molecule has 2 heterocycles. The molecule has 0 fully saturated rings. The van der Waals surface area contributed by atoms with Crippen LogP contribution in [0.4, 0.5) is 0 Å². The molecule has 0 amide bonds. The van der Waals surface area contributed by atoms with Gasteiger partial charge in [-0.2, -0.15) is 5.10 Å². The van der Waals surface area contributed by atoms with Crippen molar-refractivity contribution in [3.8, 4) is 5.88 Å². The van der Waals surface area contributed by atoms with E-state index in [4.69, 9.17) is 9.73 Å². The number of rotatable bonds is 9. The molecule has 0 radical (unpaired) electrons. The van der Waals surface area contributed by atoms with Gasteiger partial charge >= 0.3 is 0 Å².